The van der Waals surface area contributed by atoms with Gasteiger partial charge in [0.15, 0.2) is 5.16 Å². The van der Waals surface area contributed by atoms with Crippen LogP contribution in [-0.4, -0.2) is 39.5 Å². The van der Waals surface area contributed by atoms with Crippen LogP contribution >= 0.6 is 23.1 Å². The van der Waals surface area contributed by atoms with Gasteiger partial charge in [-0.05, 0) is 24.5 Å². The third-order valence-corrected chi connectivity index (χ3v) is 6.74. The molecule has 0 aliphatic heterocycles. The van der Waals surface area contributed by atoms with Gasteiger partial charge in [-0.1, -0.05) is 49.0 Å². The highest BCUT2D eigenvalue weighted by Gasteiger charge is 2.19. The Morgan fingerprint density at radius 1 is 1.20 bits per heavy atom. The summed E-state index contributed by atoms with van der Waals surface area (Å²) in [6.07, 6.45) is 2.44. The number of thioether (sulfide) groups is 1. The molecular weight excluding hydrogens is 420 g/mol. The Morgan fingerprint density at radius 2 is 1.97 bits per heavy atom. The monoisotopic (exact) mass is 444 g/mol. The molecule has 1 aromatic carbocycles. The number of anilines is 1. The molecule has 9 heteroatoms. The van der Waals surface area contributed by atoms with Crippen LogP contribution < -0.4 is 5.32 Å². The van der Waals surface area contributed by atoms with E-state index in [9.17, 15) is 9.59 Å². The Labute approximate surface area is 183 Å². The number of ether oxygens (including phenoxy) is 1. The molecule has 0 saturated heterocycles. The van der Waals surface area contributed by atoms with Crippen molar-refractivity contribution in [2.24, 2.45) is 7.05 Å². The van der Waals surface area contributed by atoms with Gasteiger partial charge in [0, 0.05) is 18.3 Å². The van der Waals surface area contributed by atoms with Gasteiger partial charge in [-0.25, -0.2) is 4.79 Å². The van der Waals surface area contributed by atoms with E-state index < -0.39 is 5.97 Å². The normalized spacial score (nSPS) is 10.8. The minimum absolute atomic E-state index is 0.171. The summed E-state index contributed by atoms with van der Waals surface area (Å²) in [5, 5.41) is 12.5. The molecule has 2 aromatic heterocycles. The van der Waals surface area contributed by atoms with Gasteiger partial charge in [-0.3, -0.25) is 4.79 Å². The summed E-state index contributed by atoms with van der Waals surface area (Å²) >= 11 is 2.70. The van der Waals surface area contributed by atoms with Crippen molar-refractivity contribution in [3.63, 3.8) is 0 Å². The molecule has 0 radical (unpaired) electrons. The highest BCUT2D eigenvalue weighted by atomic mass is 32.2. The van der Waals surface area contributed by atoms with Crippen LogP contribution in [0, 0.1) is 0 Å². The van der Waals surface area contributed by atoms with Crippen molar-refractivity contribution < 1.29 is 14.3 Å². The number of nitrogens with zero attached hydrogens (tertiary/aromatic N) is 3. The fourth-order valence-corrected chi connectivity index (χ4v) is 4.58. The summed E-state index contributed by atoms with van der Waals surface area (Å²) in [4.78, 5) is 25.4. The smallest absolute Gasteiger partial charge is 0.340 e. The van der Waals surface area contributed by atoms with Crippen molar-refractivity contribution >= 4 is 40.0 Å². The lowest BCUT2D eigenvalue weighted by atomic mass is 10.1. The van der Waals surface area contributed by atoms with Crippen LogP contribution in [0.25, 0.3) is 0 Å². The van der Waals surface area contributed by atoms with Crippen molar-refractivity contribution in [3.05, 3.63) is 58.2 Å². The number of amides is 1. The Morgan fingerprint density at radius 3 is 2.67 bits per heavy atom. The number of aryl methyl sites for hydroxylation is 3. The number of nitrogens with one attached hydrogen (secondary N) is 1. The van der Waals surface area contributed by atoms with E-state index in [1.54, 1.807) is 6.07 Å². The van der Waals surface area contributed by atoms with E-state index in [1.165, 1.54) is 35.8 Å². The van der Waals surface area contributed by atoms with Gasteiger partial charge < -0.3 is 14.6 Å². The van der Waals surface area contributed by atoms with E-state index in [0.29, 0.717) is 15.7 Å². The number of esters is 1. The second-order valence-corrected chi connectivity index (χ2v) is 8.66. The molecule has 7 nitrogen and oxygen atoms in total. The van der Waals surface area contributed by atoms with Crippen LogP contribution in [-0.2, 0) is 35.8 Å². The van der Waals surface area contributed by atoms with E-state index >= 15 is 0 Å². The molecule has 2 heterocycles. The number of benzene rings is 1. The molecule has 0 aliphatic carbocycles. The minimum atomic E-state index is -0.453. The quantitative estimate of drug-likeness (QED) is 0.400. The first-order valence-electron chi connectivity index (χ1n) is 9.57. The van der Waals surface area contributed by atoms with Gasteiger partial charge in [-0.2, -0.15) is 0 Å². The number of hydrogen-bond acceptors (Lipinski definition) is 7. The van der Waals surface area contributed by atoms with Crippen LogP contribution in [0.1, 0.15) is 33.5 Å². The summed E-state index contributed by atoms with van der Waals surface area (Å²) in [5.74, 6) is 0.388. The number of rotatable bonds is 9. The Kier molecular flexibility index (Phi) is 7.64. The summed E-state index contributed by atoms with van der Waals surface area (Å²) in [5.41, 5.74) is 1.64. The average molecular weight is 445 g/mol. The van der Waals surface area contributed by atoms with Crippen LogP contribution in [0.3, 0.4) is 0 Å². The lowest BCUT2D eigenvalue weighted by molar-refractivity contribution is -0.113. The highest BCUT2D eigenvalue weighted by molar-refractivity contribution is 7.99. The van der Waals surface area contributed by atoms with Crippen molar-refractivity contribution in [2.45, 2.75) is 31.3 Å². The zero-order valence-corrected chi connectivity index (χ0v) is 18.8. The fraction of sp³-hybridized carbons (Fsp3) is 0.333. The average Bonchev–Trinajstić information content (AvgIpc) is 3.34. The van der Waals surface area contributed by atoms with Gasteiger partial charge in [0.1, 0.15) is 10.8 Å². The van der Waals surface area contributed by atoms with Crippen molar-refractivity contribution in [1.82, 2.24) is 14.8 Å². The number of aromatic nitrogens is 3. The van der Waals surface area contributed by atoms with Crippen LogP contribution in [0.5, 0.6) is 0 Å². The second-order valence-electron chi connectivity index (χ2n) is 6.58. The number of methoxy groups -OCH3 is 1. The maximum absolute atomic E-state index is 12.4. The van der Waals surface area contributed by atoms with Gasteiger partial charge in [0.2, 0.25) is 5.91 Å². The van der Waals surface area contributed by atoms with E-state index in [-0.39, 0.29) is 11.7 Å². The molecule has 0 unspecified atom stereocenters. The highest BCUT2D eigenvalue weighted by Crippen LogP contribution is 2.29. The maximum Gasteiger partial charge on any atom is 0.340 e. The van der Waals surface area contributed by atoms with Gasteiger partial charge in [-0.15, -0.1) is 21.5 Å². The van der Waals surface area contributed by atoms with Crippen LogP contribution in [0.2, 0.25) is 0 Å². The Bertz CT molecular complexity index is 1010. The molecule has 0 atom stereocenters. The van der Waals surface area contributed by atoms with Crippen molar-refractivity contribution in [2.75, 3.05) is 18.2 Å². The van der Waals surface area contributed by atoms with E-state index in [1.807, 2.05) is 36.7 Å². The zero-order valence-electron chi connectivity index (χ0n) is 17.2. The maximum atomic E-state index is 12.4. The Balaban J connectivity index is 1.57. The molecule has 0 bridgehead atoms. The standard InChI is InChI=1S/C21H24N4O3S2/c1-4-15-12-16(20(27)28-3)19(30-15)22-18(26)13-29-21-24-23-17(25(21)2)11-10-14-8-6-5-7-9-14/h5-9,12H,4,10-11,13H2,1-3H3,(H,22,26). The van der Waals surface area contributed by atoms with Gasteiger partial charge >= 0.3 is 5.97 Å². The summed E-state index contributed by atoms with van der Waals surface area (Å²) in [7, 11) is 3.24. The molecule has 3 aromatic rings. The second kappa shape index (κ2) is 10.4. The van der Waals surface area contributed by atoms with E-state index in [0.717, 1.165) is 30.0 Å². The third kappa shape index (κ3) is 5.48. The van der Waals surface area contributed by atoms with E-state index in [4.69, 9.17) is 4.74 Å². The molecule has 158 valence electrons. The molecule has 1 N–H and O–H groups in total. The fourth-order valence-electron chi connectivity index (χ4n) is 2.85. The molecule has 0 fully saturated rings. The topological polar surface area (TPSA) is 86.1 Å². The lowest BCUT2D eigenvalue weighted by Crippen LogP contribution is -2.16. The number of carbonyl (C=O) groups excluding carboxylic acids is 2. The molecule has 0 spiro atoms. The first-order chi connectivity index (χ1) is 14.5. The number of hydrogen-bond donors (Lipinski definition) is 1. The van der Waals surface area contributed by atoms with Crippen LogP contribution in [0.4, 0.5) is 5.00 Å². The molecule has 0 aliphatic rings. The predicted octanol–water partition coefficient (Wildman–Crippen LogP) is 3.74. The zero-order chi connectivity index (χ0) is 21.5. The van der Waals surface area contributed by atoms with Gasteiger partial charge in [0.25, 0.3) is 0 Å². The molecule has 3 rings (SSSR count). The molecular formula is C21H24N4O3S2. The lowest BCUT2D eigenvalue weighted by Gasteiger charge is -2.06. The minimum Gasteiger partial charge on any atom is -0.465 e. The third-order valence-electron chi connectivity index (χ3n) is 4.53. The number of thiophene rings is 1. The van der Waals surface area contributed by atoms with Gasteiger partial charge in [0.05, 0.1) is 18.4 Å². The van der Waals surface area contributed by atoms with Crippen LogP contribution in [0.15, 0.2) is 41.6 Å². The largest absolute Gasteiger partial charge is 0.465 e. The first kappa shape index (κ1) is 22.0. The Hall–Kier alpha value is -2.65. The van der Waals surface area contributed by atoms with E-state index in [2.05, 4.69) is 27.6 Å². The van der Waals surface area contributed by atoms with Crippen molar-refractivity contribution in [3.8, 4) is 0 Å². The molecule has 30 heavy (non-hydrogen) atoms. The summed E-state index contributed by atoms with van der Waals surface area (Å²) in [6.45, 7) is 2.00. The first-order valence-corrected chi connectivity index (χ1v) is 11.4. The number of carbonyl (C=O) groups is 2. The van der Waals surface area contributed by atoms with Crippen molar-refractivity contribution in [1.29, 1.82) is 0 Å². The summed E-state index contributed by atoms with van der Waals surface area (Å²) < 4.78 is 6.73. The molecule has 0 saturated carbocycles. The summed E-state index contributed by atoms with van der Waals surface area (Å²) in [6, 6.07) is 12.0. The predicted molar refractivity (Wildman–Crippen MR) is 119 cm³/mol. The SMILES string of the molecule is CCc1cc(C(=O)OC)c(NC(=O)CSc2nnc(CCc3ccccc3)n2C)s1. The molecule has 1 amide bonds.